The number of nitrogens with zero attached hydrogens (tertiary/aromatic N) is 3. The molecule has 0 atom stereocenters. The summed E-state index contributed by atoms with van der Waals surface area (Å²) in [7, 11) is 3.21. The Morgan fingerprint density at radius 1 is 0.760 bits per heavy atom. The number of carboxylic acids is 1. The Kier molecular flexibility index (Phi) is 8.99. The molecule has 1 N–H and O–H groups in total. The van der Waals surface area contributed by atoms with Crippen LogP contribution in [0.15, 0.2) is 103 Å². The molecule has 50 heavy (non-hydrogen) atoms. The van der Waals surface area contributed by atoms with Crippen LogP contribution in [0.2, 0.25) is 0 Å². The smallest absolute Gasteiger partial charge is 0.346 e. The van der Waals surface area contributed by atoms with Crippen LogP contribution >= 0.6 is 34.0 Å². The van der Waals surface area contributed by atoms with Gasteiger partial charge in [-0.25, -0.2) is 14.8 Å². The van der Waals surface area contributed by atoms with Crippen molar-refractivity contribution in [2.75, 3.05) is 14.2 Å². The van der Waals surface area contributed by atoms with Crippen molar-refractivity contribution in [2.24, 2.45) is 0 Å². The van der Waals surface area contributed by atoms with E-state index in [-0.39, 0.29) is 5.57 Å². The zero-order valence-corrected chi connectivity index (χ0v) is 29.1. The average molecular weight is 708 g/mol. The number of rotatable bonds is 9. The summed E-state index contributed by atoms with van der Waals surface area (Å²) in [6, 6.07) is 33.3. The molecule has 0 saturated carbocycles. The molecule has 0 aliphatic heterocycles. The molecule has 242 valence electrons. The molecule has 7 nitrogen and oxygen atoms in total. The maximum Gasteiger partial charge on any atom is 0.346 e. The van der Waals surface area contributed by atoms with E-state index in [1.54, 1.807) is 49.0 Å². The zero-order chi connectivity index (χ0) is 34.8. The van der Waals surface area contributed by atoms with Crippen molar-refractivity contribution in [1.82, 2.24) is 9.97 Å². The van der Waals surface area contributed by atoms with Crippen molar-refractivity contribution >= 4 is 57.1 Å². The van der Waals surface area contributed by atoms with Crippen molar-refractivity contribution in [3.05, 3.63) is 113 Å². The molecular weight excluding hydrogens is 683 g/mol. The third kappa shape index (κ3) is 6.04. The van der Waals surface area contributed by atoms with Gasteiger partial charge in [0.05, 0.1) is 40.9 Å². The van der Waals surface area contributed by atoms with Gasteiger partial charge in [-0.3, -0.25) is 0 Å². The molecule has 7 aromatic rings. The second-order valence-electron chi connectivity index (χ2n) is 10.8. The minimum Gasteiger partial charge on any atom is -0.496 e. The minimum atomic E-state index is -1.27. The standard InChI is InChI=1S/C40H25N3O4S3/c1-4-23-20-30(47-3)28(21-29(23)46-2)31-17-18-33(49-31)39-37-36(38(50-39)32-16-15-27(48-32)19-26(22-41)40(44)45)42-34(24-11-7-5-8-12-24)35(43-37)25-13-9-6-10-14-25/h1,5-21H,2-3H3,(H,44,45)/b26-19-. The molecule has 0 radical (unpaired) electrons. The molecule has 0 aliphatic rings. The zero-order valence-electron chi connectivity index (χ0n) is 26.6. The monoisotopic (exact) mass is 707 g/mol. The highest BCUT2D eigenvalue weighted by Gasteiger charge is 2.24. The van der Waals surface area contributed by atoms with Crippen LogP contribution in [0, 0.1) is 23.7 Å². The van der Waals surface area contributed by atoms with Crippen LogP contribution < -0.4 is 9.47 Å². The van der Waals surface area contributed by atoms with E-state index in [1.165, 1.54) is 17.4 Å². The van der Waals surface area contributed by atoms with Gasteiger partial charge >= 0.3 is 5.97 Å². The first-order valence-electron chi connectivity index (χ1n) is 15.2. The number of nitriles is 1. The molecule has 0 amide bonds. The summed E-state index contributed by atoms with van der Waals surface area (Å²) < 4.78 is 11.3. The number of carbonyl (C=O) groups is 1. The molecule has 0 aliphatic carbocycles. The maximum atomic E-state index is 11.6. The highest BCUT2D eigenvalue weighted by Crippen LogP contribution is 2.50. The van der Waals surface area contributed by atoms with E-state index in [9.17, 15) is 15.2 Å². The van der Waals surface area contributed by atoms with Gasteiger partial charge in [-0.05, 0) is 36.4 Å². The molecule has 0 saturated heterocycles. The van der Waals surface area contributed by atoms with E-state index < -0.39 is 5.97 Å². The van der Waals surface area contributed by atoms with Crippen LogP contribution in [0.3, 0.4) is 0 Å². The Morgan fingerprint density at radius 3 is 1.86 bits per heavy atom. The fourth-order valence-corrected chi connectivity index (χ4v) is 8.90. The maximum absolute atomic E-state index is 11.6. The van der Waals surface area contributed by atoms with Gasteiger partial charge in [0.1, 0.15) is 34.2 Å². The summed E-state index contributed by atoms with van der Waals surface area (Å²) in [5.41, 5.74) is 5.99. The summed E-state index contributed by atoms with van der Waals surface area (Å²) in [5, 5.41) is 18.8. The fraction of sp³-hybridized carbons (Fsp3) is 0.0500. The lowest BCUT2D eigenvalue weighted by Crippen LogP contribution is -1.96. The van der Waals surface area contributed by atoms with Crippen LogP contribution in [-0.2, 0) is 4.79 Å². The number of fused-ring (bicyclic) bond motifs is 1. The van der Waals surface area contributed by atoms with Crippen LogP contribution in [-0.4, -0.2) is 35.3 Å². The number of aliphatic carboxylic acids is 1. The third-order valence-corrected chi connectivity index (χ3v) is 11.6. The fourth-order valence-electron chi connectivity index (χ4n) is 5.52. The number of hydrogen-bond donors (Lipinski definition) is 1. The predicted octanol–water partition coefficient (Wildman–Crippen LogP) is 10.1. The first-order chi connectivity index (χ1) is 24.4. The summed E-state index contributed by atoms with van der Waals surface area (Å²) in [5.74, 6) is 2.61. The Hall–Kier alpha value is -6.04. The average Bonchev–Trinajstić information content (AvgIpc) is 3.92. The van der Waals surface area contributed by atoms with Gasteiger partial charge in [0.2, 0.25) is 0 Å². The molecule has 0 bridgehead atoms. The molecule has 4 aromatic heterocycles. The number of terminal acetylenes is 1. The second-order valence-corrected chi connectivity index (χ2v) is 14.1. The molecule has 0 fully saturated rings. The number of aromatic nitrogens is 2. The number of benzene rings is 3. The molecular formula is C40H25N3O4S3. The van der Waals surface area contributed by atoms with Gasteiger partial charge in [0.15, 0.2) is 0 Å². The van der Waals surface area contributed by atoms with Gasteiger partial charge in [-0.15, -0.1) is 40.4 Å². The topological polar surface area (TPSA) is 105 Å². The Balaban J connectivity index is 1.47. The number of hydrogen-bond acceptors (Lipinski definition) is 9. The third-order valence-electron chi connectivity index (χ3n) is 7.88. The Morgan fingerprint density at radius 2 is 1.32 bits per heavy atom. The van der Waals surface area contributed by atoms with E-state index in [4.69, 9.17) is 25.9 Å². The molecule has 0 unspecified atom stereocenters. The lowest BCUT2D eigenvalue weighted by molar-refractivity contribution is -0.132. The van der Waals surface area contributed by atoms with Crippen LogP contribution in [0.4, 0.5) is 0 Å². The van der Waals surface area contributed by atoms with Crippen molar-refractivity contribution < 1.29 is 19.4 Å². The van der Waals surface area contributed by atoms with Gasteiger partial charge in [-0.2, -0.15) is 5.26 Å². The van der Waals surface area contributed by atoms with E-state index in [1.807, 2.05) is 84.9 Å². The lowest BCUT2D eigenvalue weighted by atomic mass is 10.0. The molecule has 0 spiro atoms. The van der Waals surface area contributed by atoms with Crippen molar-refractivity contribution in [3.63, 3.8) is 0 Å². The first kappa shape index (κ1) is 32.5. The van der Waals surface area contributed by atoms with Crippen molar-refractivity contribution in [1.29, 1.82) is 5.26 Å². The highest BCUT2D eigenvalue weighted by atomic mass is 32.1. The normalized spacial score (nSPS) is 11.2. The van der Waals surface area contributed by atoms with Crippen molar-refractivity contribution in [3.8, 4) is 82.4 Å². The summed E-state index contributed by atoms with van der Waals surface area (Å²) in [4.78, 5) is 27.6. The van der Waals surface area contributed by atoms with E-state index in [2.05, 4.69) is 12.0 Å². The van der Waals surface area contributed by atoms with Gasteiger partial charge in [-0.1, -0.05) is 66.6 Å². The Bertz CT molecular complexity index is 2520. The second kappa shape index (κ2) is 13.8. The van der Waals surface area contributed by atoms with E-state index in [0.29, 0.717) is 21.9 Å². The highest BCUT2D eigenvalue weighted by molar-refractivity contribution is 7.28. The van der Waals surface area contributed by atoms with E-state index >= 15 is 0 Å². The SMILES string of the molecule is C#Cc1cc(OC)c(-c2ccc(-c3sc(-c4ccc(/C=C(/C#N)C(=O)O)s4)c4nc(-c5ccccc5)c(-c5ccccc5)nc34)s2)cc1OC. The molecule has 4 heterocycles. The van der Waals surface area contributed by atoms with Gasteiger partial charge in [0, 0.05) is 42.3 Å². The molecule has 3 aromatic carbocycles. The largest absolute Gasteiger partial charge is 0.496 e. The van der Waals surface area contributed by atoms with Crippen LogP contribution in [0.25, 0.3) is 69.6 Å². The minimum absolute atomic E-state index is 0.331. The lowest BCUT2D eigenvalue weighted by Gasteiger charge is -2.11. The molecule has 10 heteroatoms. The summed E-state index contributed by atoms with van der Waals surface area (Å²) in [6.45, 7) is 0. The van der Waals surface area contributed by atoms with Gasteiger partial charge in [0.25, 0.3) is 0 Å². The Labute approximate surface area is 300 Å². The first-order valence-corrected chi connectivity index (χ1v) is 17.6. The summed E-state index contributed by atoms with van der Waals surface area (Å²) in [6.07, 6.45) is 7.12. The number of thiophene rings is 3. The van der Waals surface area contributed by atoms with Crippen LogP contribution in [0.5, 0.6) is 11.5 Å². The van der Waals surface area contributed by atoms with Gasteiger partial charge < -0.3 is 14.6 Å². The quantitative estimate of drug-likeness (QED) is 0.0904. The summed E-state index contributed by atoms with van der Waals surface area (Å²) >= 11 is 4.57. The molecule has 7 rings (SSSR count). The van der Waals surface area contributed by atoms with Crippen molar-refractivity contribution in [2.45, 2.75) is 0 Å². The predicted molar refractivity (Wildman–Crippen MR) is 203 cm³/mol. The number of methoxy groups -OCH3 is 2. The number of carboxylic acid groups (broad SMARTS) is 1. The number of ether oxygens (including phenoxy) is 2. The van der Waals surface area contributed by atoms with Crippen LogP contribution in [0.1, 0.15) is 10.4 Å². The van der Waals surface area contributed by atoms with E-state index in [0.717, 1.165) is 63.5 Å².